The number of carbonyl (C=O) groups is 2. The van der Waals surface area contributed by atoms with Gasteiger partial charge in [0, 0.05) is 0 Å². The first kappa shape index (κ1) is 27.7. The second-order valence-electron chi connectivity index (χ2n) is 8.74. The van der Waals surface area contributed by atoms with Crippen LogP contribution in [0.15, 0.2) is 58.9 Å². The van der Waals surface area contributed by atoms with Crippen molar-refractivity contribution in [1.82, 2.24) is 4.57 Å². The van der Waals surface area contributed by atoms with Crippen LogP contribution < -0.4 is 30.0 Å². The molecule has 2 aromatic carbocycles. The first-order chi connectivity index (χ1) is 18.8. The van der Waals surface area contributed by atoms with Gasteiger partial charge in [-0.2, -0.15) is 0 Å². The van der Waals surface area contributed by atoms with E-state index in [0.717, 1.165) is 23.3 Å². The molecular weight excluding hydrogens is 520 g/mol. The minimum Gasteiger partial charge on any atom is -0.497 e. The van der Waals surface area contributed by atoms with Crippen molar-refractivity contribution in [3.05, 3.63) is 84.8 Å². The molecule has 0 spiro atoms. The average Bonchev–Trinajstić information content (AvgIpc) is 3.28. The number of hydrogen-bond acceptors (Lipinski definition) is 9. The van der Waals surface area contributed by atoms with Crippen molar-refractivity contribution < 1.29 is 28.5 Å². The first-order valence-electron chi connectivity index (χ1n) is 12.4. The molecule has 39 heavy (non-hydrogen) atoms. The van der Waals surface area contributed by atoms with Gasteiger partial charge >= 0.3 is 11.9 Å². The second kappa shape index (κ2) is 12.0. The number of nitrogens with zero attached hydrogens (tertiary/aromatic N) is 1. The van der Waals surface area contributed by atoms with Crippen LogP contribution in [-0.2, 0) is 19.1 Å². The summed E-state index contributed by atoms with van der Waals surface area (Å²) >= 11 is 1.09. The van der Waals surface area contributed by atoms with E-state index in [9.17, 15) is 14.4 Å². The molecule has 2 heterocycles. The summed E-state index contributed by atoms with van der Waals surface area (Å²) in [5.74, 6) is -1.31. The summed E-state index contributed by atoms with van der Waals surface area (Å²) in [6.07, 6.45) is 3.15. The van der Waals surface area contributed by atoms with E-state index in [4.69, 9.17) is 24.7 Å². The van der Waals surface area contributed by atoms with E-state index in [-0.39, 0.29) is 28.2 Å². The van der Waals surface area contributed by atoms with Crippen LogP contribution in [0.5, 0.6) is 11.5 Å². The van der Waals surface area contributed by atoms with Crippen LogP contribution in [0.4, 0.5) is 0 Å². The van der Waals surface area contributed by atoms with Gasteiger partial charge in [-0.3, -0.25) is 9.36 Å². The number of carbonyl (C=O) groups excluding carboxylic acids is 2. The molecule has 1 aromatic heterocycles. The molecule has 1 aliphatic heterocycles. The number of unbranched alkanes of at least 4 members (excludes halogenated alkanes) is 1. The summed E-state index contributed by atoms with van der Waals surface area (Å²) in [6.45, 7) is 2.15. The number of methoxy groups -OCH3 is 3. The fourth-order valence-corrected chi connectivity index (χ4v) is 5.54. The van der Waals surface area contributed by atoms with Gasteiger partial charge in [0.15, 0.2) is 0 Å². The predicted octanol–water partition coefficient (Wildman–Crippen LogP) is 2.35. The normalized spacial score (nSPS) is 15.1. The fourth-order valence-electron chi connectivity index (χ4n) is 4.38. The van der Waals surface area contributed by atoms with Crippen LogP contribution in [0.25, 0.3) is 17.5 Å². The van der Waals surface area contributed by atoms with Gasteiger partial charge in [0.2, 0.25) is 0 Å². The largest absolute Gasteiger partial charge is 0.497 e. The molecule has 10 heteroatoms. The third-order valence-electron chi connectivity index (χ3n) is 6.32. The minimum absolute atomic E-state index is 0.0138. The topological polar surface area (TPSA) is 119 Å². The zero-order valence-corrected chi connectivity index (χ0v) is 23.0. The van der Waals surface area contributed by atoms with Gasteiger partial charge in [-0.25, -0.2) is 9.59 Å². The predicted molar refractivity (Wildman–Crippen MR) is 149 cm³/mol. The van der Waals surface area contributed by atoms with Gasteiger partial charge in [-0.1, -0.05) is 37.6 Å². The summed E-state index contributed by atoms with van der Waals surface area (Å²) in [5.41, 5.74) is 7.47. The van der Waals surface area contributed by atoms with Gasteiger partial charge in [0.1, 0.15) is 22.0 Å². The lowest BCUT2D eigenvalue weighted by atomic mass is 9.83. The van der Waals surface area contributed by atoms with E-state index in [1.165, 1.54) is 18.8 Å². The summed E-state index contributed by atoms with van der Waals surface area (Å²) in [6, 6.07) is 14.2. The van der Waals surface area contributed by atoms with Crippen LogP contribution in [-0.4, -0.2) is 44.4 Å². The Hall–Kier alpha value is -4.31. The van der Waals surface area contributed by atoms with E-state index >= 15 is 0 Å². The van der Waals surface area contributed by atoms with Crippen molar-refractivity contribution >= 4 is 40.7 Å². The van der Waals surface area contributed by atoms with E-state index in [1.54, 1.807) is 55.7 Å². The van der Waals surface area contributed by atoms with Crippen LogP contribution in [0.2, 0.25) is 0 Å². The van der Waals surface area contributed by atoms with Crippen molar-refractivity contribution in [1.29, 1.82) is 0 Å². The van der Waals surface area contributed by atoms with Crippen LogP contribution in [0.3, 0.4) is 0 Å². The van der Waals surface area contributed by atoms with Crippen LogP contribution >= 0.6 is 11.3 Å². The fraction of sp³-hybridized carbons (Fsp3) is 0.276. The third kappa shape index (κ3) is 5.46. The Morgan fingerprint density at radius 1 is 1.00 bits per heavy atom. The Labute approximate surface area is 229 Å². The van der Waals surface area contributed by atoms with E-state index in [1.807, 2.05) is 13.0 Å². The number of aromatic nitrogens is 1. The highest BCUT2D eigenvalue weighted by atomic mass is 32.1. The summed E-state index contributed by atoms with van der Waals surface area (Å²) in [7, 11) is 4.33. The lowest BCUT2D eigenvalue weighted by molar-refractivity contribution is -0.139. The lowest BCUT2D eigenvalue weighted by Crippen LogP contribution is -2.41. The Morgan fingerprint density at radius 3 is 2.36 bits per heavy atom. The molecule has 0 radical (unpaired) electrons. The van der Waals surface area contributed by atoms with Crippen molar-refractivity contribution in [2.75, 3.05) is 27.9 Å². The molecule has 4 rings (SSSR count). The number of ether oxygens (including phenoxy) is 4. The summed E-state index contributed by atoms with van der Waals surface area (Å²) < 4.78 is 23.2. The number of benzene rings is 2. The smallest absolute Gasteiger partial charge is 0.338 e. The second-order valence-corrected chi connectivity index (χ2v) is 9.77. The van der Waals surface area contributed by atoms with Gasteiger partial charge < -0.3 is 24.7 Å². The number of esters is 2. The number of hydrogen-bond donors (Lipinski definition) is 1. The maximum atomic E-state index is 13.7. The average molecular weight is 551 g/mol. The maximum Gasteiger partial charge on any atom is 0.338 e. The van der Waals surface area contributed by atoms with Gasteiger partial charge in [0.05, 0.1) is 49.5 Å². The molecule has 0 amide bonds. The third-order valence-corrected chi connectivity index (χ3v) is 7.43. The number of nitrogens with two attached hydrogens (primary N) is 1. The van der Waals surface area contributed by atoms with Crippen LogP contribution in [0.1, 0.15) is 36.8 Å². The lowest BCUT2D eigenvalue weighted by Gasteiger charge is -2.27. The molecule has 2 N–H and O–H groups in total. The highest BCUT2D eigenvalue weighted by Crippen LogP contribution is 2.38. The molecule has 204 valence electrons. The van der Waals surface area contributed by atoms with E-state index in [0.29, 0.717) is 28.0 Å². The standard InChI is InChI=1S/C29H30N2O7S/c1-5-6-13-38-29(34)23-22(18-10-8-12-20(16-18)36-3)24(28(33)37-4)27-31(25(23)30)26(32)21(39-27)15-17-9-7-11-19(14-17)35-2/h7-12,14-16,22H,5-6,13,30H2,1-4H3/b21-15-. The van der Waals surface area contributed by atoms with E-state index < -0.39 is 23.4 Å². The van der Waals surface area contributed by atoms with Crippen molar-refractivity contribution in [2.45, 2.75) is 25.7 Å². The number of thiazole rings is 1. The SMILES string of the molecule is CCCCOC(=O)C1=C(N)n2c(s/c(=C\c3cccc(OC)c3)c2=O)=C(C(=O)OC)C1c1cccc(OC)c1. The van der Waals surface area contributed by atoms with Crippen molar-refractivity contribution in [2.24, 2.45) is 5.73 Å². The zero-order valence-electron chi connectivity index (χ0n) is 22.2. The van der Waals surface area contributed by atoms with Gasteiger partial charge in [0.25, 0.3) is 5.56 Å². The monoisotopic (exact) mass is 550 g/mol. The molecular formula is C29H30N2O7S. The zero-order chi connectivity index (χ0) is 28.1. The first-order valence-corrected chi connectivity index (χ1v) is 13.2. The highest BCUT2D eigenvalue weighted by Gasteiger charge is 2.40. The molecule has 0 saturated carbocycles. The number of fused-ring (bicyclic) bond motifs is 1. The molecule has 0 aliphatic carbocycles. The summed E-state index contributed by atoms with van der Waals surface area (Å²) in [4.78, 5) is 40.5. The maximum absolute atomic E-state index is 13.7. The molecule has 0 saturated heterocycles. The minimum atomic E-state index is -0.954. The number of rotatable bonds is 9. The Kier molecular flexibility index (Phi) is 8.55. The molecule has 1 unspecified atom stereocenters. The van der Waals surface area contributed by atoms with E-state index in [2.05, 4.69) is 0 Å². The molecule has 0 fully saturated rings. The Bertz CT molecular complexity index is 1620. The quantitative estimate of drug-likeness (QED) is 0.319. The van der Waals surface area contributed by atoms with Crippen molar-refractivity contribution in [3.63, 3.8) is 0 Å². The molecule has 1 atom stereocenters. The van der Waals surface area contributed by atoms with Crippen molar-refractivity contribution in [3.8, 4) is 11.5 Å². The Balaban J connectivity index is 2.06. The van der Waals surface area contributed by atoms with Gasteiger partial charge in [-0.05, 0) is 47.9 Å². The Morgan fingerprint density at radius 2 is 1.69 bits per heavy atom. The summed E-state index contributed by atoms with van der Waals surface area (Å²) in [5, 5.41) is 0. The molecule has 9 nitrogen and oxygen atoms in total. The molecule has 3 aromatic rings. The molecule has 1 aliphatic rings. The van der Waals surface area contributed by atoms with Gasteiger partial charge in [-0.15, -0.1) is 11.3 Å². The highest BCUT2D eigenvalue weighted by molar-refractivity contribution is 7.07. The molecule has 0 bridgehead atoms. The van der Waals surface area contributed by atoms with Crippen LogP contribution in [0, 0.1) is 0 Å².